The average Bonchev–Trinajstić information content (AvgIpc) is 2.12. The summed E-state index contributed by atoms with van der Waals surface area (Å²) < 4.78 is 0. The summed E-state index contributed by atoms with van der Waals surface area (Å²) in [6.07, 6.45) is 5.55. The maximum Gasteiger partial charge on any atom is 0.00104 e. The van der Waals surface area contributed by atoms with Gasteiger partial charge >= 0.3 is 0 Å². The van der Waals surface area contributed by atoms with Crippen molar-refractivity contribution in [3.63, 3.8) is 0 Å². The lowest BCUT2D eigenvalue weighted by Gasteiger charge is -2.21. The van der Waals surface area contributed by atoms with Gasteiger partial charge in [-0.25, -0.2) is 0 Å². The molecule has 1 N–H and O–H groups in total. The molecule has 1 nitrogen and oxygen atoms in total. The Labute approximate surface area is 103 Å². The summed E-state index contributed by atoms with van der Waals surface area (Å²) in [5.74, 6) is 2.57. The van der Waals surface area contributed by atoms with Crippen molar-refractivity contribution in [2.75, 3.05) is 6.54 Å². The van der Waals surface area contributed by atoms with E-state index in [2.05, 4.69) is 46.9 Å². The molecule has 98 valence electrons. The molecule has 0 amide bonds. The van der Waals surface area contributed by atoms with Crippen molar-refractivity contribution in [2.24, 2.45) is 17.8 Å². The third-order valence-corrected chi connectivity index (χ3v) is 3.01. The highest BCUT2D eigenvalue weighted by atomic mass is 14.9. The molecule has 1 heteroatoms. The van der Waals surface area contributed by atoms with Crippen LogP contribution in [-0.2, 0) is 0 Å². The van der Waals surface area contributed by atoms with Crippen LogP contribution in [0.1, 0.15) is 67.2 Å². The molecule has 1 atom stereocenters. The van der Waals surface area contributed by atoms with Crippen LogP contribution in [0.5, 0.6) is 0 Å². The first-order valence-corrected chi connectivity index (χ1v) is 7.15. The molecule has 0 aromatic heterocycles. The molecule has 0 bridgehead atoms. The van der Waals surface area contributed by atoms with Crippen molar-refractivity contribution < 1.29 is 0 Å². The van der Waals surface area contributed by atoms with E-state index in [9.17, 15) is 0 Å². The molecule has 0 aliphatic carbocycles. The molecule has 0 spiro atoms. The van der Waals surface area contributed by atoms with Crippen LogP contribution >= 0.6 is 0 Å². The normalized spacial score (nSPS) is 14.1. The topological polar surface area (TPSA) is 12.0 Å². The van der Waals surface area contributed by atoms with Gasteiger partial charge in [0.1, 0.15) is 0 Å². The van der Waals surface area contributed by atoms with E-state index >= 15 is 0 Å². The largest absolute Gasteiger partial charge is 0.314 e. The number of hydrogen-bond donors (Lipinski definition) is 1. The lowest BCUT2D eigenvalue weighted by atomic mass is 9.91. The van der Waals surface area contributed by atoms with Gasteiger partial charge < -0.3 is 5.32 Å². The Hall–Kier alpha value is -0.0400. The van der Waals surface area contributed by atoms with Crippen LogP contribution in [0.25, 0.3) is 0 Å². The Morgan fingerprint density at radius 2 is 1.44 bits per heavy atom. The van der Waals surface area contributed by atoms with Crippen LogP contribution in [0.4, 0.5) is 0 Å². The summed E-state index contributed by atoms with van der Waals surface area (Å²) in [4.78, 5) is 0. The van der Waals surface area contributed by atoms with E-state index in [-0.39, 0.29) is 0 Å². The zero-order valence-electron chi connectivity index (χ0n) is 12.3. The van der Waals surface area contributed by atoms with E-state index in [1.807, 2.05) is 0 Å². The number of hydrogen-bond acceptors (Lipinski definition) is 1. The van der Waals surface area contributed by atoms with E-state index < -0.39 is 0 Å². The molecule has 0 aromatic carbocycles. The van der Waals surface area contributed by atoms with E-state index in [0.717, 1.165) is 17.8 Å². The Bertz CT molecular complexity index is 150. The summed E-state index contributed by atoms with van der Waals surface area (Å²) in [5, 5.41) is 3.59. The highest BCUT2D eigenvalue weighted by Gasteiger charge is 2.11. The van der Waals surface area contributed by atoms with Gasteiger partial charge in [-0.1, -0.05) is 54.4 Å². The second-order valence-corrected chi connectivity index (χ2v) is 6.38. The summed E-state index contributed by atoms with van der Waals surface area (Å²) in [6.45, 7) is 15.0. The monoisotopic (exact) mass is 227 g/mol. The van der Waals surface area contributed by atoms with Gasteiger partial charge in [0.25, 0.3) is 0 Å². The highest BCUT2D eigenvalue weighted by molar-refractivity contribution is 4.67. The molecule has 0 heterocycles. The standard InChI is InChI=1S/C15H33N/c1-12(2)8-7-9-15(10-13(3)4)11-16-14(5)6/h12-16H,7-11H2,1-6H3. The minimum absolute atomic E-state index is 0.625. The van der Waals surface area contributed by atoms with Gasteiger partial charge in [-0.05, 0) is 37.1 Å². The first kappa shape index (κ1) is 16.0. The molecule has 0 radical (unpaired) electrons. The van der Waals surface area contributed by atoms with Crippen molar-refractivity contribution in [2.45, 2.75) is 73.3 Å². The third-order valence-electron chi connectivity index (χ3n) is 3.01. The van der Waals surface area contributed by atoms with E-state index in [1.54, 1.807) is 0 Å². The van der Waals surface area contributed by atoms with Gasteiger partial charge in [-0.3, -0.25) is 0 Å². The van der Waals surface area contributed by atoms with Crippen molar-refractivity contribution in [1.29, 1.82) is 0 Å². The third kappa shape index (κ3) is 10.5. The Balaban J connectivity index is 3.81. The predicted molar refractivity (Wildman–Crippen MR) is 74.8 cm³/mol. The second kappa shape index (κ2) is 9.04. The van der Waals surface area contributed by atoms with Gasteiger partial charge in [-0.15, -0.1) is 0 Å². The molecule has 0 aromatic rings. The summed E-state index contributed by atoms with van der Waals surface area (Å²) >= 11 is 0. The van der Waals surface area contributed by atoms with Gasteiger partial charge in [-0.2, -0.15) is 0 Å². The molecule has 0 saturated carbocycles. The molecule has 0 saturated heterocycles. The molecule has 0 rings (SSSR count). The first-order chi connectivity index (χ1) is 7.41. The number of rotatable bonds is 9. The van der Waals surface area contributed by atoms with Crippen LogP contribution in [0.3, 0.4) is 0 Å². The van der Waals surface area contributed by atoms with Gasteiger partial charge in [0.2, 0.25) is 0 Å². The van der Waals surface area contributed by atoms with Gasteiger partial charge in [0.15, 0.2) is 0 Å². The van der Waals surface area contributed by atoms with Crippen LogP contribution in [0.15, 0.2) is 0 Å². The molecule has 1 unspecified atom stereocenters. The summed E-state index contributed by atoms with van der Waals surface area (Å²) in [6, 6.07) is 0.625. The molecule has 0 aliphatic rings. The lowest BCUT2D eigenvalue weighted by molar-refractivity contribution is 0.339. The smallest absolute Gasteiger partial charge is 0.00104 e. The van der Waals surface area contributed by atoms with E-state index in [0.29, 0.717) is 6.04 Å². The molecular weight excluding hydrogens is 194 g/mol. The quantitative estimate of drug-likeness (QED) is 0.612. The van der Waals surface area contributed by atoms with Crippen molar-refractivity contribution in [3.8, 4) is 0 Å². The molecule has 16 heavy (non-hydrogen) atoms. The van der Waals surface area contributed by atoms with Crippen LogP contribution in [0, 0.1) is 17.8 Å². The second-order valence-electron chi connectivity index (χ2n) is 6.38. The minimum Gasteiger partial charge on any atom is -0.314 e. The molecular formula is C15H33N. The maximum absolute atomic E-state index is 3.59. The van der Waals surface area contributed by atoms with Gasteiger partial charge in [0, 0.05) is 6.04 Å². The Morgan fingerprint density at radius 3 is 1.88 bits per heavy atom. The fourth-order valence-corrected chi connectivity index (χ4v) is 2.19. The first-order valence-electron chi connectivity index (χ1n) is 7.15. The fourth-order valence-electron chi connectivity index (χ4n) is 2.19. The SMILES string of the molecule is CC(C)CCCC(CNC(C)C)CC(C)C. The zero-order chi connectivity index (χ0) is 12.6. The fraction of sp³-hybridized carbons (Fsp3) is 1.00. The van der Waals surface area contributed by atoms with Crippen LogP contribution < -0.4 is 5.32 Å². The van der Waals surface area contributed by atoms with E-state index in [4.69, 9.17) is 0 Å². The van der Waals surface area contributed by atoms with Crippen molar-refractivity contribution in [3.05, 3.63) is 0 Å². The average molecular weight is 227 g/mol. The molecule has 0 aliphatic heterocycles. The van der Waals surface area contributed by atoms with Crippen LogP contribution in [0.2, 0.25) is 0 Å². The van der Waals surface area contributed by atoms with E-state index in [1.165, 1.54) is 32.2 Å². The summed E-state index contributed by atoms with van der Waals surface area (Å²) in [5.41, 5.74) is 0. The Morgan fingerprint density at radius 1 is 0.812 bits per heavy atom. The Kier molecular flexibility index (Phi) is 9.02. The predicted octanol–water partition coefficient (Wildman–Crippen LogP) is 4.47. The van der Waals surface area contributed by atoms with Crippen molar-refractivity contribution >= 4 is 0 Å². The zero-order valence-corrected chi connectivity index (χ0v) is 12.3. The van der Waals surface area contributed by atoms with Gasteiger partial charge in [0.05, 0.1) is 0 Å². The maximum atomic E-state index is 3.59. The number of nitrogens with one attached hydrogen (secondary N) is 1. The minimum atomic E-state index is 0.625. The lowest BCUT2D eigenvalue weighted by Crippen LogP contribution is -2.29. The van der Waals surface area contributed by atoms with Crippen LogP contribution in [-0.4, -0.2) is 12.6 Å². The summed E-state index contributed by atoms with van der Waals surface area (Å²) in [7, 11) is 0. The highest BCUT2D eigenvalue weighted by Crippen LogP contribution is 2.19. The van der Waals surface area contributed by atoms with Crippen molar-refractivity contribution in [1.82, 2.24) is 5.32 Å². The molecule has 0 fully saturated rings.